The van der Waals surface area contributed by atoms with Gasteiger partial charge in [-0.25, -0.2) is 4.79 Å². The SMILES string of the molecule is CC(=NNC(N)=S)c1ccccc1C(=O)O. The summed E-state index contributed by atoms with van der Waals surface area (Å²) in [7, 11) is 0. The zero-order valence-corrected chi connectivity index (χ0v) is 9.41. The molecule has 0 aliphatic heterocycles. The molecule has 0 atom stereocenters. The molecule has 0 amide bonds. The summed E-state index contributed by atoms with van der Waals surface area (Å²) in [4.78, 5) is 10.9. The highest BCUT2D eigenvalue weighted by molar-refractivity contribution is 7.80. The first kappa shape index (κ1) is 12.1. The van der Waals surface area contributed by atoms with Crippen molar-refractivity contribution in [3.8, 4) is 0 Å². The number of nitrogens with one attached hydrogen (secondary N) is 1. The maximum atomic E-state index is 10.9. The van der Waals surface area contributed by atoms with Gasteiger partial charge in [0.2, 0.25) is 0 Å². The Morgan fingerprint density at radius 3 is 2.50 bits per heavy atom. The predicted molar refractivity (Wildman–Crippen MR) is 65.5 cm³/mol. The van der Waals surface area contributed by atoms with Crippen LogP contribution < -0.4 is 11.2 Å². The fourth-order valence-electron chi connectivity index (χ4n) is 1.18. The molecule has 16 heavy (non-hydrogen) atoms. The molecule has 0 bridgehead atoms. The first-order chi connectivity index (χ1) is 7.52. The van der Waals surface area contributed by atoms with E-state index in [0.717, 1.165) is 0 Å². The van der Waals surface area contributed by atoms with E-state index in [1.165, 1.54) is 6.07 Å². The molecule has 84 valence electrons. The minimum Gasteiger partial charge on any atom is -0.478 e. The molecule has 0 saturated heterocycles. The van der Waals surface area contributed by atoms with Gasteiger partial charge in [-0.05, 0) is 25.2 Å². The minimum absolute atomic E-state index is 0.0344. The van der Waals surface area contributed by atoms with Crippen molar-refractivity contribution in [3.63, 3.8) is 0 Å². The van der Waals surface area contributed by atoms with E-state index in [4.69, 9.17) is 10.8 Å². The molecule has 0 fully saturated rings. The second-order valence-electron chi connectivity index (χ2n) is 3.02. The average Bonchev–Trinajstić information content (AvgIpc) is 2.25. The van der Waals surface area contributed by atoms with E-state index in [0.29, 0.717) is 11.3 Å². The summed E-state index contributed by atoms with van der Waals surface area (Å²) in [6, 6.07) is 6.57. The van der Waals surface area contributed by atoms with Crippen LogP contribution in [0.2, 0.25) is 0 Å². The van der Waals surface area contributed by atoms with Crippen molar-refractivity contribution >= 4 is 29.0 Å². The van der Waals surface area contributed by atoms with Crippen LogP contribution in [0, 0.1) is 0 Å². The smallest absolute Gasteiger partial charge is 0.336 e. The van der Waals surface area contributed by atoms with Crippen LogP contribution in [0.5, 0.6) is 0 Å². The van der Waals surface area contributed by atoms with Gasteiger partial charge < -0.3 is 10.8 Å². The second kappa shape index (κ2) is 5.22. The van der Waals surface area contributed by atoms with E-state index in [2.05, 4.69) is 22.7 Å². The minimum atomic E-state index is -1.000. The van der Waals surface area contributed by atoms with Crippen molar-refractivity contribution < 1.29 is 9.90 Å². The quantitative estimate of drug-likeness (QED) is 0.414. The Balaban J connectivity index is 3.07. The standard InChI is InChI=1S/C10H11N3O2S/c1-6(12-13-10(11)16)7-4-2-3-5-8(7)9(14)15/h2-5H,1H3,(H,14,15)(H3,11,13,16). The van der Waals surface area contributed by atoms with E-state index in [9.17, 15) is 4.79 Å². The summed E-state index contributed by atoms with van der Waals surface area (Å²) in [6.45, 7) is 1.67. The molecular weight excluding hydrogens is 226 g/mol. The monoisotopic (exact) mass is 237 g/mol. The van der Waals surface area contributed by atoms with Gasteiger partial charge in [0.15, 0.2) is 5.11 Å². The third kappa shape index (κ3) is 3.03. The summed E-state index contributed by atoms with van der Waals surface area (Å²) < 4.78 is 0. The molecule has 0 aliphatic rings. The molecule has 0 saturated carbocycles. The average molecular weight is 237 g/mol. The molecule has 0 radical (unpaired) electrons. The lowest BCUT2D eigenvalue weighted by atomic mass is 10.0. The number of thiocarbonyl (C=S) groups is 1. The maximum Gasteiger partial charge on any atom is 0.336 e. The van der Waals surface area contributed by atoms with Gasteiger partial charge in [-0.3, -0.25) is 5.43 Å². The van der Waals surface area contributed by atoms with Gasteiger partial charge in [-0.1, -0.05) is 18.2 Å². The number of hydrogen-bond donors (Lipinski definition) is 3. The lowest BCUT2D eigenvalue weighted by molar-refractivity contribution is 0.0696. The lowest BCUT2D eigenvalue weighted by Crippen LogP contribution is -2.25. The van der Waals surface area contributed by atoms with Gasteiger partial charge in [0.05, 0.1) is 11.3 Å². The molecule has 0 unspecified atom stereocenters. The Morgan fingerprint density at radius 2 is 2.00 bits per heavy atom. The summed E-state index contributed by atoms with van der Waals surface area (Å²) >= 11 is 4.59. The Kier molecular flexibility index (Phi) is 3.96. The molecule has 5 nitrogen and oxygen atoms in total. The summed E-state index contributed by atoms with van der Waals surface area (Å²) in [5.74, 6) is -1.000. The van der Waals surface area contributed by atoms with Crippen molar-refractivity contribution in [3.05, 3.63) is 35.4 Å². The number of nitrogens with two attached hydrogens (primary N) is 1. The molecule has 0 aromatic heterocycles. The predicted octanol–water partition coefficient (Wildman–Crippen LogP) is 0.942. The first-order valence-electron chi connectivity index (χ1n) is 4.45. The third-order valence-corrected chi connectivity index (χ3v) is 1.97. The molecule has 6 heteroatoms. The van der Waals surface area contributed by atoms with Crippen LogP contribution in [-0.2, 0) is 0 Å². The zero-order valence-electron chi connectivity index (χ0n) is 8.60. The number of carboxylic acids is 1. The molecule has 1 aromatic carbocycles. The van der Waals surface area contributed by atoms with Crippen LogP contribution in [0.1, 0.15) is 22.8 Å². The van der Waals surface area contributed by atoms with Crippen molar-refractivity contribution in [2.45, 2.75) is 6.92 Å². The number of hydrogen-bond acceptors (Lipinski definition) is 3. The number of carbonyl (C=O) groups is 1. The van der Waals surface area contributed by atoms with Gasteiger partial charge in [-0.15, -0.1) is 0 Å². The van der Waals surface area contributed by atoms with Crippen molar-refractivity contribution in [1.82, 2.24) is 5.43 Å². The summed E-state index contributed by atoms with van der Waals surface area (Å²) in [5, 5.41) is 12.9. The Hall–Kier alpha value is -1.95. The number of benzene rings is 1. The van der Waals surface area contributed by atoms with Crippen molar-refractivity contribution in [2.75, 3.05) is 0 Å². The van der Waals surface area contributed by atoms with Crippen LogP contribution in [0.3, 0.4) is 0 Å². The molecule has 0 spiro atoms. The fraction of sp³-hybridized carbons (Fsp3) is 0.100. The van der Waals surface area contributed by atoms with E-state index in [1.807, 2.05) is 0 Å². The highest BCUT2D eigenvalue weighted by Crippen LogP contribution is 2.09. The lowest BCUT2D eigenvalue weighted by Gasteiger charge is -2.05. The Morgan fingerprint density at radius 1 is 1.44 bits per heavy atom. The number of nitrogens with zero attached hydrogens (tertiary/aromatic N) is 1. The van der Waals surface area contributed by atoms with Crippen LogP contribution in [0.15, 0.2) is 29.4 Å². The first-order valence-corrected chi connectivity index (χ1v) is 4.85. The Bertz CT molecular complexity index is 457. The van der Waals surface area contributed by atoms with Crippen molar-refractivity contribution in [2.24, 2.45) is 10.8 Å². The zero-order chi connectivity index (χ0) is 12.1. The molecular formula is C10H11N3O2S. The number of hydrazone groups is 1. The van der Waals surface area contributed by atoms with Crippen LogP contribution in [0.25, 0.3) is 0 Å². The molecule has 0 aliphatic carbocycles. The number of aromatic carboxylic acids is 1. The molecule has 4 N–H and O–H groups in total. The fourth-order valence-corrected chi connectivity index (χ4v) is 1.23. The topological polar surface area (TPSA) is 87.7 Å². The normalized spacial score (nSPS) is 10.9. The van der Waals surface area contributed by atoms with E-state index in [1.54, 1.807) is 25.1 Å². The van der Waals surface area contributed by atoms with E-state index in [-0.39, 0.29) is 10.7 Å². The molecule has 0 heterocycles. The number of rotatable bonds is 3. The maximum absolute atomic E-state index is 10.9. The van der Waals surface area contributed by atoms with Gasteiger partial charge in [-0.2, -0.15) is 5.10 Å². The molecule has 1 rings (SSSR count). The molecule has 1 aromatic rings. The van der Waals surface area contributed by atoms with E-state index >= 15 is 0 Å². The largest absolute Gasteiger partial charge is 0.478 e. The van der Waals surface area contributed by atoms with Crippen molar-refractivity contribution in [1.29, 1.82) is 0 Å². The van der Waals surface area contributed by atoms with Crippen LogP contribution in [0.4, 0.5) is 0 Å². The number of carboxylic acid groups (broad SMARTS) is 1. The summed E-state index contributed by atoms with van der Waals surface area (Å²) in [5.41, 5.74) is 8.85. The van der Waals surface area contributed by atoms with Crippen LogP contribution in [-0.4, -0.2) is 21.9 Å². The van der Waals surface area contributed by atoms with Gasteiger partial charge in [0, 0.05) is 5.56 Å². The Labute approximate surface area is 98.0 Å². The highest BCUT2D eigenvalue weighted by atomic mass is 32.1. The highest BCUT2D eigenvalue weighted by Gasteiger charge is 2.10. The van der Waals surface area contributed by atoms with E-state index < -0.39 is 5.97 Å². The van der Waals surface area contributed by atoms with Gasteiger partial charge >= 0.3 is 5.97 Å². The van der Waals surface area contributed by atoms with Crippen LogP contribution >= 0.6 is 12.2 Å². The van der Waals surface area contributed by atoms with Gasteiger partial charge in [0.25, 0.3) is 0 Å². The second-order valence-corrected chi connectivity index (χ2v) is 3.46. The summed E-state index contributed by atoms with van der Waals surface area (Å²) in [6.07, 6.45) is 0. The van der Waals surface area contributed by atoms with Gasteiger partial charge in [0.1, 0.15) is 0 Å². The third-order valence-electron chi connectivity index (χ3n) is 1.88.